The average molecular weight is 235 g/mol. The van der Waals surface area contributed by atoms with Crippen molar-refractivity contribution in [2.75, 3.05) is 14.2 Å². The molecule has 0 spiro atoms. The molecule has 1 aromatic carbocycles. The molecule has 0 bridgehead atoms. The lowest BCUT2D eigenvalue weighted by molar-refractivity contribution is -0.385. The van der Waals surface area contributed by atoms with Gasteiger partial charge in [0.1, 0.15) is 0 Å². The molecule has 1 rings (SSSR count). The van der Waals surface area contributed by atoms with Crippen molar-refractivity contribution in [2.24, 2.45) is 0 Å². The summed E-state index contributed by atoms with van der Waals surface area (Å²) in [7, 11) is 2.94. The molecular weight excluding hydrogens is 222 g/mol. The number of benzene rings is 1. The number of hydrogen-bond donors (Lipinski definition) is 0. The summed E-state index contributed by atoms with van der Waals surface area (Å²) in [5.74, 6) is 5.60. The second-order valence-electron chi connectivity index (χ2n) is 3.21. The molecule has 5 nitrogen and oxygen atoms in total. The molecule has 0 saturated carbocycles. The molecule has 1 aromatic rings. The summed E-state index contributed by atoms with van der Waals surface area (Å²) in [5.41, 5.74) is 1.20. The van der Waals surface area contributed by atoms with Crippen molar-refractivity contribution in [1.29, 1.82) is 0 Å². The monoisotopic (exact) mass is 235 g/mol. The van der Waals surface area contributed by atoms with E-state index in [0.29, 0.717) is 11.1 Å². The van der Waals surface area contributed by atoms with E-state index in [-0.39, 0.29) is 5.69 Å². The van der Waals surface area contributed by atoms with Gasteiger partial charge in [0.15, 0.2) is 6.29 Å². The highest BCUT2D eigenvalue weighted by Gasteiger charge is 2.17. The lowest BCUT2D eigenvalue weighted by atomic mass is 10.1. The SMILES string of the molecule is CC#Cc1ccc([N+](=O)[O-])cc1C(OC)OC. The van der Waals surface area contributed by atoms with Gasteiger partial charge in [-0.15, -0.1) is 5.92 Å². The summed E-state index contributed by atoms with van der Waals surface area (Å²) in [5, 5.41) is 10.7. The third kappa shape index (κ3) is 3.03. The van der Waals surface area contributed by atoms with E-state index in [2.05, 4.69) is 11.8 Å². The van der Waals surface area contributed by atoms with Crippen molar-refractivity contribution in [3.63, 3.8) is 0 Å². The molecule has 0 unspecified atom stereocenters. The Morgan fingerprint density at radius 1 is 1.35 bits per heavy atom. The zero-order valence-electron chi connectivity index (χ0n) is 9.89. The lowest BCUT2D eigenvalue weighted by Gasteiger charge is -2.15. The maximum atomic E-state index is 10.7. The maximum Gasteiger partial charge on any atom is 0.269 e. The van der Waals surface area contributed by atoms with Crippen LogP contribution in [0.5, 0.6) is 0 Å². The van der Waals surface area contributed by atoms with Crippen LogP contribution in [-0.2, 0) is 9.47 Å². The predicted octanol–water partition coefficient (Wildman–Crippen LogP) is 2.26. The van der Waals surface area contributed by atoms with Crippen molar-refractivity contribution >= 4 is 5.69 Å². The van der Waals surface area contributed by atoms with E-state index in [1.807, 2.05) is 0 Å². The van der Waals surface area contributed by atoms with Gasteiger partial charge in [0.05, 0.1) is 4.92 Å². The minimum atomic E-state index is -0.661. The largest absolute Gasteiger partial charge is 0.352 e. The van der Waals surface area contributed by atoms with Gasteiger partial charge in [-0.1, -0.05) is 5.92 Å². The Morgan fingerprint density at radius 3 is 2.47 bits per heavy atom. The maximum absolute atomic E-state index is 10.7. The van der Waals surface area contributed by atoms with Crippen LogP contribution in [0.1, 0.15) is 24.3 Å². The fourth-order valence-corrected chi connectivity index (χ4v) is 1.46. The number of nitrogens with zero attached hydrogens (tertiary/aromatic N) is 1. The van der Waals surface area contributed by atoms with Crippen LogP contribution in [0.2, 0.25) is 0 Å². The van der Waals surface area contributed by atoms with Crippen LogP contribution >= 0.6 is 0 Å². The fraction of sp³-hybridized carbons (Fsp3) is 0.333. The summed E-state index contributed by atoms with van der Waals surface area (Å²) in [6.07, 6.45) is -0.661. The molecule has 0 atom stereocenters. The smallest absolute Gasteiger partial charge is 0.269 e. The van der Waals surface area contributed by atoms with Gasteiger partial charge in [-0.05, 0) is 13.0 Å². The first-order chi connectivity index (χ1) is 8.13. The highest BCUT2D eigenvalue weighted by atomic mass is 16.7. The van der Waals surface area contributed by atoms with Gasteiger partial charge in [0.2, 0.25) is 0 Å². The van der Waals surface area contributed by atoms with Gasteiger partial charge in [-0.3, -0.25) is 10.1 Å². The molecule has 0 N–H and O–H groups in total. The molecule has 90 valence electrons. The van der Waals surface area contributed by atoms with Crippen LogP contribution in [0.15, 0.2) is 18.2 Å². The molecule has 0 saturated heterocycles. The predicted molar refractivity (Wildman–Crippen MR) is 62.4 cm³/mol. The van der Waals surface area contributed by atoms with Gasteiger partial charge >= 0.3 is 0 Å². The number of non-ortho nitro benzene ring substituents is 1. The highest BCUT2D eigenvalue weighted by molar-refractivity contribution is 5.48. The molecule has 0 aliphatic heterocycles. The van der Waals surface area contributed by atoms with E-state index in [0.717, 1.165) is 0 Å². The van der Waals surface area contributed by atoms with Crippen molar-refractivity contribution in [3.8, 4) is 11.8 Å². The number of rotatable bonds is 4. The van der Waals surface area contributed by atoms with Crippen molar-refractivity contribution in [1.82, 2.24) is 0 Å². The van der Waals surface area contributed by atoms with Crippen LogP contribution in [0.4, 0.5) is 5.69 Å². The molecule has 0 aliphatic carbocycles. The Labute approximate surface area is 99.5 Å². The van der Waals surface area contributed by atoms with Crippen LogP contribution in [0.25, 0.3) is 0 Å². The zero-order chi connectivity index (χ0) is 12.8. The Hall–Kier alpha value is -1.90. The fourth-order valence-electron chi connectivity index (χ4n) is 1.46. The van der Waals surface area contributed by atoms with Crippen LogP contribution in [0, 0.1) is 22.0 Å². The summed E-state index contributed by atoms with van der Waals surface area (Å²) in [6.45, 7) is 1.69. The Balaban J connectivity index is 3.32. The summed E-state index contributed by atoms with van der Waals surface area (Å²) >= 11 is 0. The number of nitro benzene ring substituents is 1. The first-order valence-corrected chi connectivity index (χ1v) is 4.90. The molecule has 0 aliphatic rings. The first kappa shape index (κ1) is 13.2. The first-order valence-electron chi connectivity index (χ1n) is 4.90. The van der Waals surface area contributed by atoms with E-state index in [1.165, 1.54) is 26.4 Å². The van der Waals surface area contributed by atoms with Gasteiger partial charge in [-0.2, -0.15) is 0 Å². The zero-order valence-corrected chi connectivity index (χ0v) is 9.89. The van der Waals surface area contributed by atoms with Crippen molar-refractivity contribution in [3.05, 3.63) is 39.4 Å². The van der Waals surface area contributed by atoms with Gasteiger partial charge in [-0.25, -0.2) is 0 Å². The van der Waals surface area contributed by atoms with E-state index in [9.17, 15) is 10.1 Å². The quantitative estimate of drug-likeness (QED) is 0.347. The molecule has 0 radical (unpaired) electrons. The number of ether oxygens (including phenoxy) is 2. The van der Waals surface area contributed by atoms with E-state index >= 15 is 0 Å². The van der Waals surface area contributed by atoms with E-state index in [1.54, 1.807) is 13.0 Å². The Bertz CT molecular complexity index is 469. The average Bonchev–Trinajstić information content (AvgIpc) is 2.32. The Morgan fingerprint density at radius 2 is 2.00 bits per heavy atom. The third-order valence-electron chi connectivity index (χ3n) is 2.19. The van der Waals surface area contributed by atoms with E-state index < -0.39 is 11.2 Å². The summed E-state index contributed by atoms with van der Waals surface area (Å²) < 4.78 is 10.2. The topological polar surface area (TPSA) is 61.6 Å². The van der Waals surface area contributed by atoms with E-state index in [4.69, 9.17) is 9.47 Å². The van der Waals surface area contributed by atoms with Crippen molar-refractivity contribution in [2.45, 2.75) is 13.2 Å². The van der Waals surface area contributed by atoms with Crippen LogP contribution in [0.3, 0.4) is 0 Å². The molecule has 0 heterocycles. The Kier molecular flexibility index (Phi) is 4.64. The second-order valence-corrected chi connectivity index (χ2v) is 3.21. The summed E-state index contributed by atoms with van der Waals surface area (Å²) in [4.78, 5) is 10.2. The molecule has 0 amide bonds. The van der Waals surface area contributed by atoms with Crippen LogP contribution < -0.4 is 0 Å². The molecular formula is C12H13NO4. The number of nitro groups is 1. The molecule has 5 heteroatoms. The number of methoxy groups -OCH3 is 2. The van der Waals surface area contributed by atoms with Crippen LogP contribution in [-0.4, -0.2) is 19.1 Å². The van der Waals surface area contributed by atoms with Crippen molar-refractivity contribution < 1.29 is 14.4 Å². The minimum absolute atomic E-state index is 0.0132. The molecule has 0 fully saturated rings. The minimum Gasteiger partial charge on any atom is -0.352 e. The van der Waals surface area contributed by atoms with Gasteiger partial charge in [0, 0.05) is 37.5 Å². The summed E-state index contributed by atoms with van der Waals surface area (Å²) in [6, 6.07) is 4.41. The second kappa shape index (κ2) is 5.99. The van der Waals surface area contributed by atoms with Gasteiger partial charge < -0.3 is 9.47 Å². The standard InChI is InChI=1S/C12H13NO4/c1-4-5-9-6-7-10(13(14)15)8-11(9)12(16-2)17-3/h6-8,12H,1-3H3. The third-order valence-corrected chi connectivity index (χ3v) is 2.19. The lowest BCUT2D eigenvalue weighted by Crippen LogP contribution is -2.06. The van der Waals surface area contributed by atoms with Gasteiger partial charge in [0.25, 0.3) is 5.69 Å². The normalized spacial score (nSPS) is 9.88. The molecule has 17 heavy (non-hydrogen) atoms. The highest BCUT2D eigenvalue weighted by Crippen LogP contribution is 2.25. The number of hydrogen-bond acceptors (Lipinski definition) is 4. The molecule has 0 aromatic heterocycles.